The smallest absolute Gasteiger partial charge is 0.257 e. The van der Waals surface area contributed by atoms with E-state index in [4.69, 9.17) is 0 Å². The van der Waals surface area contributed by atoms with Crippen molar-refractivity contribution in [2.24, 2.45) is 0 Å². The molecule has 0 fully saturated rings. The van der Waals surface area contributed by atoms with Gasteiger partial charge in [0.05, 0.1) is 27.0 Å². The lowest BCUT2D eigenvalue weighted by atomic mass is 10.2. The van der Waals surface area contributed by atoms with E-state index in [1.807, 2.05) is 6.07 Å². The first-order chi connectivity index (χ1) is 11.0. The Labute approximate surface area is 133 Å². The zero-order valence-corrected chi connectivity index (χ0v) is 12.3. The maximum absolute atomic E-state index is 12.7. The third-order valence-electron chi connectivity index (χ3n) is 3.05. The van der Waals surface area contributed by atoms with Crippen molar-refractivity contribution in [1.82, 2.24) is 9.97 Å². The zero-order valence-electron chi connectivity index (χ0n) is 11.5. The number of benzene rings is 1. The van der Waals surface area contributed by atoms with Crippen LogP contribution in [0.5, 0.6) is 0 Å². The topological polar surface area (TPSA) is 49.6 Å². The van der Waals surface area contributed by atoms with Crippen LogP contribution >= 0.6 is 11.3 Å². The first kappa shape index (κ1) is 15.2. The van der Waals surface area contributed by atoms with Crippen molar-refractivity contribution in [1.29, 1.82) is 5.26 Å². The monoisotopic (exact) mass is 331 g/mol. The van der Waals surface area contributed by atoms with Crippen molar-refractivity contribution in [3.8, 4) is 6.07 Å². The Balaban J connectivity index is 2.06. The number of pyridine rings is 1. The van der Waals surface area contributed by atoms with Crippen molar-refractivity contribution in [3.63, 3.8) is 0 Å². The summed E-state index contributed by atoms with van der Waals surface area (Å²) in [6.07, 6.45) is -1.27. The summed E-state index contributed by atoms with van der Waals surface area (Å²) in [5.74, 6) is 0. The van der Waals surface area contributed by atoms with Gasteiger partial charge in [0.15, 0.2) is 0 Å². The zero-order chi connectivity index (χ0) is 16.4. The molecule has 1 aromatic carbocycles. The molecule has 0 atom stereocenters. The Morgan fingerprint density at radius 1 is 1.22 bits per heavy atom. The van der Waals surface area contributed by atoms with Crippen LogP contribution in [0.15, 0.2) is 42.6 Å². The molecule has 2 aromatic heterocycles. The molecule has 2 heterocycles. The molecule has 3 rings (SSSR count). The van der Waals surface area contributed by atoms with Gasteiger partial charge in [-0.05, 0) is 36.4 Å². The van der Waals surface area contributed by atoms with E-state index >= 15 is 0 Å². The molecular weight excluding hydrogens is 323 g/mol. The maximum Gasteiger partial charge on any atom is 0.416 e. The Kier molecular flexibility index (Phi) is 3.84. The van der Waals surface area contributed by atoms with Gasteiger partial charge in [0.2, 0.25) is 0 Å². The third kappa shape index (κ3) is 3.22. The van der Waals surface area contributed by atoms with Crippen LogP contribution in [0.4, 0.5) is 13.2 Å². The molecule has 3 aromatic rings. The van der Waals surface area contributed by atoms with Crippen molar-refractivity contribution in [2.75, 3.05) is 0 Å². The summed E-state index contributed by atoms with van der Waals surface area (Å²) in [5.41, 5.74) is 0.314. The molecule has 0 radical (unpaired) electrons. The molecule has 0 bridgehead atoms. The first-order valence-corrected chi connectivity index (χ1v) is 7.30. The van der Waals surface area contributed by atoms with Gasteiger partial charge in [0, 0.05) is 6.20 Å². The molecule has 0 spiro atoms. The summed E-state index contributed by atoms with van der Waals surface area (Å²) >= 11 is 1.17. The van der Waals surface area contributed by atoms with Gasteiger partial charge in [-0.3, -0.25) is 4.98 Å². The fourth-order valence-corrected chi connectivity index (χ4v) is 2.88. The fraction of sp³-hybridized carbons (Fsp3) is 0.0625. The van der Waals surface area contributed by atoms with Crippen molar-refractivity contribution in [2.45, 2.75) is 6.18 Å². The van der Waals surface area contributed by atoms with Gasteiger partial charge >= 0.3 is 6.18 Å². The van der Waals surface area contributed by atoms with Gasteiger partial charge in [-0.2, -0.15) is 18.4 Å². The number of allylic oxidation sites excluding steroid dienone is 1. The van der Waals surface area contributed by atoms with E-state index in [0.29, 0.717) is 15.4 Å². The second-order valence-corrected chi connectivity index (χ2v) is 5.65. The fourth-order valence-electron chi connectivity index (χ4n) is 1.97. The number of hydrogen-bond acceptors (Lipinski definition) is 4. The Bertz CT molecular complexity index is 921. The van der Waals surface area contributed by atoms with E-state index in [2.05, 4.69) is 9.97 Å². The highest BCUT2D eigenvalue weighted by Crippen LogP contribution is 2.34. The van der Waals surface area contributed by atoms with E-state index < -0.39 is 11.7 Å². The van der Waals surface area contributed by atoms with Gasteiger partial charge in [-0.25, -0.2) is 4.98 Å². The normalized spacial score (nSPS) is 12.3. The van der Waals surface area contributed by atoms with E-state index in [9.17, 15) is 18.4 Å². The summed E-state index contributed by atoms with van der Waals surface area (Å²) in [6, 6.07) is 10.7. The van der Waals surface area contributed by atoms with E-state index in [0.717, 1.165) is 12.1 Å². The van der Waals surface area contributed by atoms with Crippen LogP contribution in [0.25, 0.3) is 21.9 Å². The Morgan fingerprint density at radius 2 is 2.04 bits per heavy atom. The van der Waals surface area contributed by atoms with Crippen molar-refractivity contribution in [3.05, 3.63) is 58.9 Å². The number of hydrogen-bond donors (Lipinski definition) is 0. The summed E-state index contributed by atoms with van der Waals surface area (Å²) in [7, 11) is 0. The molecule has 0 N–H and O–H groups in total. The summed E-state index contributed by atoms with van der Waals surface area (Å²) < 4.78 is 38.8. The predicted molar refractivity (Wildman–Crippen MR) is 82.3 cm³/mol. The van der Waals surface area contributed by atoms with Gasteiger partial charge in [0.1, 0.15) is 11.1 Å². The standard InChI is InChI=1S/C16H8F3N3S/c17-16(18,19)11-4-5-14-13(8-11)22-15(23-14)10(9-20)7-12-3-1-2-6-21-12/h1-8H/b10-7+. The third-order valence-corrected chi connectivity index (χ3v) is 4.12. The van der Waals surface area contributed by atoms with E-state index in [-0.39, 0.29) is 11.1 Å². The minimum atomic E-state index is -4.42. The lowest BCUT2D eigenvalue weighted by Crippen LogP contribution is -2.03. The van der Waals surface area contributed by atoms with Crippen LogP contribution in [0.1, 0.15) is 16.3 Å². The molecule has 0 unspecified atom stereocenters. The van der Waals surface area contributed by atoms with Gasteiger partial charge in [-0.1, -0.05) is 6.07 Å². The summed E-state index contributed by atoms with van der Waals surface area (Å²) in [6.45, 7) is 0. The second kappa shape index (κ2) is 5.82. The molecule has 0 saturated carbocycles. The number of fused-ring (bicyclic) bond motifs is 1. The number of nitriles is 1. The first-order valence-electron chi connectivity index (χ1n) is 6.48. The maximum atomic E-state index is 12.7. The average Bonchev–Trinajstić information content (AvgIpc) is 2.95. The highest BCUT2D eigenvalue weighted by molar-refractivity contribution is 7.19. The molecule has 3 nitrogen and oxygen atoms in total. The quantitative estimate of drug-likeness (QED) is 0.635. The molecule has 0 saturated heterocycles. The Hall–Kier alpha value is -2.72. The van der Waals surface area contributed by atoms with Gasteiger partial charge in [-0.15, -0.1) is 11.3 Å². The highest BCUT2D eigenvalue weighted by atomic mass is 32.1. The van der Waals surface area contributed by atoms with Crippen LogP contribution < -0.4 is 0 Å². The number of alkyl halides is 3. The minimum Gasteiger partial charge on any atom is -0.257 e. The SMILES string of the molecule is N#C/C(=C\c1ccccn1)c1nc2cc(C(F)(F)F)ccc2s1. The number of nitrogens with zero attached hydrogens (tertiary/aromatic N) is 3. The van der Waals surface area contributed by atoms with Crippen LogP contribution in [-0.2, 0) is 6.18 Å². The lowest BCUT2D eigenvalue weighted by molar-refractivity contribution is -0.137. The molecule has 7 heteroatoms. The molecular formula is C16H8F3N3S. The second-order valence-electron chi connectivity index (χ2n) is 4.62. The molecule has 0 aliphatic carbocycles. The van der Waals surface area contributed by atoms with E-state index in [1.54, 1.807) is 30.5 Å². The summed E-state index contributed by atoms with van der Waals surface area (Å²) in [4.78, 5) is 8.25. The van der Waals surface area contributed by atoms with Crippen molar-refractivity contribution >= 4 is 33.2 Å². The lowest BCUT2D eigenvalue weighted by Gasteiger charge is -2.04. The molecule has 0 amide bonds. The van der Waals surface area contributed by atoms with Crippen LogP contribution in [-0.4, -0.2) is 9.97 Å². The number of aromatic nitrogens is 2. The van der Waals surface area contributed by atoms with Crippen molar-refractivity contribution < 1.29 is 13.2 Å². The molecule has 114 valence electrons. The van der Waals surface area contributed by atoms with Crippen LogP contribution in [0, 0.1) is 11.3 Å². The number of rotatable bonds is 2. The molecule has 0 aliphatic heterocycles. The van der Waals surface area contributed by atoms with Crippen LogP contribution in [0.3, 0.4) is 0 Å². The van der Waals surface area contributed by atoms with Gasteiger partial charge in [0.25, 0.3) is 0 Å². The average molecular weight is 331 g/mol. The predicted octanol–water partition coefficient (Wildman–Crippen LogP) is 4.77. The largest absolute Gasteiger partial charge is 0.416 e. The highest BCUT2D eigenvalue weighted by Gasteiger charge is 2.30. The summed E-state index contributed by atoms with van der Waals surface area (Å²) in [5, 5.41) is 9.66. The van der Waals surface area contributed by atoms with Crippen LogP contribution in [0.2, 0.25) is 0 Å². The molecule has 0 aliphatic rings. The Morgan fingerprint density at radius 3 is 2.70 bits per heavy atom. The minimum absolute atomic E-state index is 0.224. The van der Waals surface area contributed by atoms with Gasteiger partial charge < -0.3 is 0 Å². The van der Waals surface area contributed by atoms with E-state index in [1.165, 1.54) is 17.4 Å². The number of halogens is 3. The number of thiazole rings is 1. The molecule has 23 heavy (non-hydrogen) atoms.